The Morgan fingerprint density at radius 2 is 2.21 bits per heavy atom. The Bertz CT molecular complexity index is 513. The number of hydrogen-bond donors (Lipinski definition) is 1. The van der Waals surface area contributed by atoms with Crippen molar-refractivity contribution in [2.24, 2.45) is 5.73 Å². The Morgan fingerprint density at radius 3 is 2.89 bits per heavy atom. The molecule has 0 spiro atoms. The first-order valence-electron chi connectivity index (χ1n) is 6.38. The first-order chi connectivity index (χ1) is 9.19. The van der Waals surface area contributed by atoms with Gasteiger partial charge in [-0.25, -0.2) is 4.39 Å². The zero-order valence-electron chi connectivity index (χ0n) is 10.9. The fourth-order valence-corrected chi connectivity index (χ4v) is 2.77. The van der Waals surface area contributed by atoms with Gasteiger partial charge in [0.25, 0.3) is 0 Å². The van der Waals surface area contributed by atoms with Crippen LogP contribution in [0.4, 0.5) is 4.39 Å². The van der Waals surface area contributed by atoms with Crippen LogP contribution < -0.4 is 5.73 Å². The average molecular weight is 279 g/mol. The molecular formula is C15H18FNOS. The van der Waals surface area contributed by atoms with Crippen molar-refractivity contribution < 1.29 is 8.81 Å². The van der Waals surface area contributed by atoms with E-state index in [1.54, 1.807) is 24.1 Å². The van der Waals surface area contributed by atoms with Crippen molar-refractivity contribution in [2.75, 3.05) is 0 Å². The molecule has 1 unspecified atom stereocenters. The van der Waals surface area contributed by atoms with Gasteiger partial charge in [-0.3, -0.25) is 0 Å². The molecule has 0 bridgehead atoms. The molecular weight excluding hydrogens is 261 g/mol. The maximum Gasteiger partial charge on any atom is 0.123 e. The minimum atomic E-state index is -0.208. The third-order valence-corrected chi connectivity index (χ3v) is 4.12. The lowest BCUT2D eigenvalue weighted by atomic mass is 10.0. The summed E-state index contributed by atoms with van der Waals surface area (Å²) in [4.78, 5) is 1.07. The predicted octanol–water partition coefficient (Wildman–Crippen LogP) is 3.99. The van der Waals surface area contributed by atoms with Crippen LogP contribution in [-0.4, -0.2) is 6.04 Å². The summed E-state index contributed by atoms with van der Waals surface area (Å²) in [7, 11) is 0. The van der Waals surface area contributed by atoms with Gasteiger partial charge in [-0.05, 0) is 48.7 Å². The molecule has 1 aromatic heterocycles. The fourth-order valence-electron chi connectivity index (χ4n) is 1.82. The van der Waals surface area contributed by atoms with E-state index in [2.05, 4.69) is 0 Å². The highest BCUT2D eigenvalue weighted by Gasteiger charge is 2.09. The number of halogens is 1. The van der Waals surface area contributed by atoms with Gasteiger partial charge in [0.05, 0.1) is 12.0 Å². The number of furan rings is 1. The van der Waals surface area contributed by atoms with Crippen LogP contribution in [0.5, 0.6) is 0 Å². The van der Waals surface area contributed by atoms with Gasteiger partial charge < -0.3 is 10.2 Å². The molecule has 2 aromatic rings. The first-order valence-corrected chi connectivity index (χ1v) is 7.36. The second kappa shape index (κ2) is 6.78. The second-order valence-corrected chi connectivity index (χ2v) is 5.51. The summed E-state index contributed by atoms with van der Waals surface area (Å²) in [6.07, 6.45) is 3.25. The van der Waals surface area contributed by atoms with Crippen LogP contribution in [0.1, 0.15) is 24.7 Å². The number of nitrogens with two attached hydrogens (primary N) is 1. The van der Waals surface area contributed by atoms with Crippen LogP contribution in [0.2, 0.25) is 0 Å². The molecule has 0 radical (unpaired) electrons. The average Bonchev–Trinajstić information content (AvgIpc) is 2.91. The SMILES string of the molecule is CCC(N)Cc1cc(F)ccc1SCc1ccco1. The molecule has 1 aromatic carbocycles. The van der Waals surface area contributed by atoms with E-state index in [4.69, 9.17) is 10.2 Å². The van der Waals surface area contributed by atoms with Gasteiger partial charge in [-0.15, -0.1) is 11.8 Å². The normalized spacial score (nSPS) is 12.6. The third-order valence-electron chi connectivity index (χ3n) is 2.98. The standard InChI is InChI=1S/C15H18FNOS/c1-2-13(17)9-11-8-12(16)5-6-15(11)19-10-14-4-3-7-18-14/h3-8,13H,2,9-10,17H2,1H3. The lowest BCUT2D eigenvalue weighted by Crippen LogP contribution is -2.21. The Kier molecular flexibility index (Phi) is 5.05. The summed E-state index contributed by atoms with van der Waals surface area (Å²) in [6.45, 7) is 2.04. The highest BCUT2D eigenvalue weighted by atomic mass is 32.2. The van der Waals surface area contributed by atoms with E-state index in [0.717, 1.165) is 28.4 Å². The first kappa shape index (κ1) is 14.2. The third kappa shape index (κ3) is 4.11. The Balaban J connectivity index is 2.09. The van der Waals surface area contributed by atoms with E-state index in [0.29, 0.717) is 6.42 Å². The minimum absolute atomic E-state index is 0.0739. The van der Waals surface area contributed by atoms with Gasteiger partial charge in [0.2, 0.25) is 0 Å². The van der Waals surface area contributed by atoms with Crippen LogP contribution in [-0.2, 0) is 12.2 Å². The quantitative estimate of drug-likeness (QED) is 0.813. The van der Waals surface area contributed by atoms with E-state index in [1.807, 2.05) is 25.1 Å². The van der Waals surface area contributed by atoms with Gasteiger partial charge in [-0.2, -0.15) is 0 Å². The van der Waals surface area contributed by atoms with Crippen LogP contribution >= 0.6 is 11.8 Å². The van der Waals surface area contributed by atoms with Gasteiger partial charge in [0.15, 0.2) is 0 Å². The lowest BCUT2D eigenvalue weighted by molar-refractivity contribution is 0.530. The zero-order valence-corrected chi connectivity index (χ0v) is 11.8. The summed E-state index contributed by atoms with van der Waals surface area (Å²) in [6, 6.07) is 8.78. The Labute approximate surface area is 117 Å². The molecule has 2 N–H and O–H groups in total. The molecule has 1 heterocycles. The van der Waals surface area contributed by atoms with E-state index < -0.39 is 0 Å². The zero-order chi connectivity index (χ0) is 13.7. The largest absolute Gasteiger partial charge is 0.468 e. The molecule has 0 aliphatic heterocycles. The molecule has 0 aliphatic rings. The topological polar surface area (TPSA) is 39.2 Å². The maximum absolute atomic E-state index is 13.3. The molecule has 2 nitrogen and oxygen atoms in total. The van der Waals surface area contributed by atoms with Crippen molar-refractivity contribution in [3.8, 4) is 0 Å². The van der Waals surface area contributed by atoms with Crippen molar-refractivity contribution in [3.63, 3.8) is 0 Å². The Hall–Kier alpha value is -1.26. The molecule has 0 amide bonds. The van der Waals surface area contributed by atoms with Crippen LogP contribution in [0.15, 0.2) is 45.9 Å². The van der Waals surface area contributed by atoms with Crippen LogP contribution in [0.3, 0.4) is 0 Å². The molecule has 19 heavy (non-hydrogen) atoms. The van der Waals surface area contributed by atoms with E-state index in [1.165, 1.54) is 6.07 Å². The van der Waals surface area contributed by atoms with Crippen LogP contribution in [0, 0.1) is 5.82 Å². The van der Waals surface area contributed by atoms with Gasteiger partial charge in [0, 0.05) is 10.9 Å². The number of rotatable bonds is 6. The van der Waals surface area contributed by atoms with Gasteiger partial charge >= 0.3 is 0 Å². The van der Waals surface area contributed by atoms with Crippen molar-refractivity contribution in [3.05, 3.63) is 53.7 Å². The maximum atomic E-state index is 13.3. The highest BCUT2D eigenvalue weighted by molar-refractivity contribution is 7.98. The molecule has 2 rings (SSSR count). The highest BCUT2D eigenvalue weighted by Crippen LogP contribution is 2.28. The fraction of sp³-hybridized carbons (Fsp3) is 0.333. The van der Waals surface area contributed by atoms with Crippen molar-refractivity contribution in [2.45, 2.75) is 36.5 Å². The molecule has 0 aliphatic carbocycles. The Morgan fingerprint density at radius 1 is 1.37 bits per heavy atom. The lowest BCUT2D eigenvalue weighted by Gasteiger charge is -2.13. The summed E-state index contributed by atoms with van der Waals surface area (Å²) in [5.41, 5.74) is 6.94. The van der Waals surface area contributed by atoms with E-state index >= 15 is 0 Å². The molecule has 0 fully saturated rings. The van der Waals surface area contributed by atoms with Gasteiger partial charge in [0.1, 0.15) is 11.6 Å². The summed E-state index contributed by atoms with van der Waals surface area (Å²) in [5, 5.41) is 0. The van der Waals surface area contributed by atoms with Crippen molar-refractivity contribution in [1.82, 2.24) is 0 Å². The monoisotopic (exact) mass is 279 g/mol. The predicted molar refractivity (Wildman–Crippen MR) is 76.6 cm³/mol. The minimum Gasteiger partial charge on any atom is -0.468 e. The molecule has 1 atom stereocenters. The molecule has 0 saturated heterocycles. The van der Waals surface area contributed by atoms with Gasteiger partial charge in [-0.1, -0.05) is 6.92 Å². The summed E-state index contributed by atoms with van der Waals surface area (Å²) in [5.74, 6) is 1.45. The van der Waals surface area contributed by atoms with Crippen molar-refractivity contribution in [1.29, 1.82) is 0 Å². The molecule has 0 saturated carbocycles. The smallest absolute Gasteiger partial charge is 0.123 e. The summed E-state index contributed by atoms with van der Waals surface area (Å²) < 4.78 is 18.6. The molecule has 102 valence electrons. The van der Waals surface area contributed by atoms with E-state index in [-0.39, 0.29) is 11.9 Å². The number of thioether (sulfide) groups is 1. The molecule has 4 heteroatoms. The van der Waals surface area contributed by atoms with Crippen molar-refractivity contribution >= 4 is 11.8 Å². The number of hydrogen-bond acceptors (Lipinski definition) is 3. The number of benzene rings is 1. The second-order valence-electron chi connectivity index (χ2n) is 4.49. The van der Waals surface area contributed by atoms with E-state index in [9.17, 15) is 4.39 Å². The van der Waals surface area contributed by atoms with Crippen LogP contribution in [0.25, 0.3) is 0 Å². The summed E-state index contributed by atoms with van der Waals surface area (Å²) >= 11 is 1.65.